The molecule has 14 nitrogen and oxygen atoms in total. The van der Waals surface area contributed by atoms with Crippen molar-refractivity contribution in [1.29, 1.82) is 0 Å². The molecule has 2 saturated heterocycles. The highest BCUT2D eigenvalue weighted by atomic mass is 16.7. The molecule has 11 atom stereocenters. The van der Waals surface area contributed by atoms with E-state index in [1.807, 2.05) is 0 Å². The molecule has 0 aromatic rings. The van der Waals surface area contributed by atoms with Gasteiger partial charge in [-0.25, -0.2) is 0 Å². The molecule has 14 heteroatoms. The first kappa shape index (κ1) is 51.1. The Hall–Kier alpha value is -1.01. The van der Waals surface area contributed by atoms with Gasteiger partial charge in [0.05, 0.1) is 26.4 Å². The zero-order valence-corrected chi connectivity index (χ0v) is 34.6. The number of carbonyl (C=O) groups excluding carboxylic acids is 1. The van der Waals surface area contributed by atoms with Gasteiger partial charge in [-0.15, -0.1) is 0 Å². The van der Waals surface area contributed by atoms with Crippen LogP contribution in [0.3, 0.4) is 0 Å². The second-order valence-corrected chi connectivity index (χ2v) is 15.9. The first-order valence-electron chi connectivity index (χ1n) is 22.1. The number of carbonyl (C=O) groups is 1. The van der Waals surface area contributed by atoms with Gasteiger partial charge in [-0.2, -0.15) is 0 Å². The number of hydrogen-bond acceptors (Lipinski definition) is 14. The van der Waals surface area contributed by atoms with E-state index in [-0.39, 0.29) is 25.6 Å². The van der Waals surface area contributed by atoms with Crippen molar-refractivity contribution < 1.29 is 69.0 Å². The van der Waals surface area contributed by atoms with Crippen LogP contribution in [0.2, 0.25) is 0 Å². The van der Waals surface area contributed by atoms with Crippen molar-refractivity contribution in [2.24, 2.45) is 0 Å². The number of unbranched alkanes of at least 4 members (excludes halogenated alkanes) is 20. The van der Waals surface area contributed by atoms with Gasteiger partial charge >= 0.3 is 5.97 Å². The van der Waals surface area contributed by atoms with Crippen LogP contribution in [0.15, 0.2) is 0 Å². The van der Waals surface area contributed by atoms with Gasteiger partial charge < -0.3 is 64.2 Å². The second-order valence-electron chi connectivity index (χ2n) is 15.9. The van der Waals surface area contributed by atoms with Crippen LogP contribution in [0.5, 0.6) is 0 Å². The van der Waals surface area contributed by atoms with Gasteiger partial charge in [0.25, 0.3) is 0 Å². The van der Waals surface area contributed by atoms with Crippen molar-refractivity contribution in [3.8, 4) is 0 Å². The Balaban J connectivity index is 1.80. The maximum atomic E-state index is 12.8. The molecule has 7 N–H and O–H groups in total. The van der Waals surface area contributed by atoms with Crippen LogP contribution in [-0.2, 0) is 33.2 Å². The fourth-order valence-electron chi connectivity index (χ4n) is 7.17. The molecule has 0 aromatic carbocycles. The van der Waals surface area contributed by atoms with E-state index in [2.05, 4.69) is 13.8 Å². The van der Waals surface area contributed by atoms with Gasteiger partial charge in [0.15, 0.2) is 12.6 Å². The molecule has 2 heterocycles. The molecule has 0 saturated carbocycles. The summed E-state index contributed by atoms with van der Waals surface area (Å²) in [6.07, 6.45) is 10.5. The minimum atomic E-state index is -1.70. The summed E-state index contributed by atoms with van der Waals surface area (Å²) in [6, 6.07) is 0. The van der Waals surface area contributed by atoms with E-state index in [4.69, 9.17) is 28.4 Å². The number of ether oxygens (including phenoxy) is 6. The van der Waals surface area contributed by atoms with Gasteiger partial charge in [0, 0.05) is 13.0 Å². The Morgan fingerprint density at radius 2 is 0.946 bits per heavy atom. The minimum absolute atomic E-state index is 0.0687. The number of aliphatic hydroxyl groups excluding tert-OH is 7. The third kappa shape index (κ3) is 20.8. The monoisotopic (exact) mass is 809 g/mol. The first-order chi connectivity index (χ1) is 27.1. The number of aliphatic hydroxyl groups is 7. The van der Waals surface area contributed by atoms with Crippen LogP contribution in [0.4, 0.5) is 0 Å². The standard InChI is InChI=1S/C42H80O14/c1-3-5-7-9-11-13-14-15-16-17-18-20-22-24-26-51-28-31(54-34(44)25-23-21-19-12-10-8-6-4-2)29-52-41-40(50)38(48)36(46)33(56-41)30-53-42-39(49)37(47)35(45)32(27-43)55-42/h31-33,35-43,45-50H,3-30H2,1-2H3. The largest absolute Gasteiger partial charge is 0.457 e. The molecule has 2 rings (SSSR count). The van der Waals surface area contributed by atoms with Crippen molar-refractivity contribution in [2.45, 2.75) is 229 Å². The summed E-state index contributed by atoms with van der Waals surface area (Å²) in [5.41, 5.74) is 0. The highest BCUT2D eigenvalue weighted by molar-refractivity contribution is 5.69. The Morgan fingerprint density at radius 1 is 0.518 bits per heavy atom. The summed E-state index contributed by atoms with van der Waals surface area (Å²) in [4.78, 5) is 12.8. The molecule has 0 amide bonds. The van der Waals surface area contributed by atoms with Crippen LogP contribution < -0.4 is 0 Å². The lowest BCUT2D eigenvalue weighted by Crippen LogP contribution is -2.61. The molecular weight excluding hydrogens is 728 g/mol. The van der Waals surface area contributed by atoms with Gasteiger partial charge in [0.2, 0.25) is 0 Å². The van der Waals surface area contributed by atoms with Gasteiger partial charge in [-0.3, -0.25) is 4.79 Å². The molecule has 2 fully saturated rings. The molecule has 0 bridgehead atoms. The summed E-state index contributed by atoms with van der Waals surface area (Å²) in [5, 5.41) is 71.7. The number of hydrogen-bond donors (Lipinski definition) is 7. The van der Waals surface area contributed by atoms with Crippen molar-refractivity contribution in [1.82, 2.24) is 0 Å². The third-order valence-electron chi connectivity index (χ3n) is 10.9. The molecular formula is C42H80O14. The van der Waals surface area contributed by atoms with Gasteiger partial charge in [-0.1, -0.05) is 142 Å². The Labute approximate surface area is 336 Å². The molecule has 2 aliphatic heterocycles. The Kier molecular flexibility index (Phi) is 29.1. The molecule has 0 aromatic heterocycles. The highest BCUT2D eigenvalue weighted by Crippen LogP contribution is 2.26. The number of esters is 1. The van der Waals surface area contributed by atoms with E-state index in [1.54, 1.807) is 0 Å². The Morgan fingerprint density at radius 3 is 1.45 bits per heavy atom. The average Bonchev–Trinajstić information content (AvgIpc) is 3.19. The number of rotatable bonds is 34. The average molecular weight is 809 g/mol. The van der Waals surface area contributed by atoms with Crippen LogP contribution in [0.25, 0.3) is 0 Å². The molecule has 56 heavy (non-hydrogen) atoms. The SMILES string of the molecule is CCCCCCCCCCCCCCCCOCC(COC1OC(COC2OC(CO)C(O)C(O)C2O)C(O)C(O)C1O)OC(=O)CCCCCCCCCC. The zero-order chi connectivity index (χ0) is 41.0. The smallest absolute Gasteiger partial charge is 0.306 e. The van der Waals surface area contributed by atoms with Crippen molar-refractivity contribution in [2.75, 3.05) is 33.0 Å². The fraction of sp³-hybridized carbons (Fsp3) is 0.976. The lowest BCUT2D eigenvalue weighted by Gasteiger charge is -2.42. The van der Waals surface area contributed by atoms with E-state index in [9.17, 15) is 40.5 Å². The lowest BCUT2D eigenvalue weighted by atomic mass is 9.98. The van der Waals surface area contributed by atoms with E-state index >= 15 is 0 Å². The van der Waals surface area contributed by atoms with Crippen LogP contribution in [0, 0.1) is 0 Å². The second kappa shape index (κ2) is 31.9. The summed E-state index contributed by atoms with van der Waals surface area (Å²) >= 11 is 0. The summed E-state index contributed by atoms with van der Waals surface area (Å²) in [5.74, 6) is -0.379. The predicted molar refractivity (Wildman–Crippen MR) is 211 cm³/mol. The van der Waals surface area contributed by atoms with Crippen LogP contribution in [0.1, 0.15) is 162 Å². The van der Waals surface area contributed by atoms with Gasteiger partial charge in [-0.05, 0) is 12.8 Å². The summed E-state index contributed by atoms with van der Waals surface area (Å²) in [7, 11) is 0. The van der Waals surface area contributed by atoms with Crippen molar-refractivity contribution in [3.63, 3.8) is 0 Å². The normalized spacial score (nSPS) is 28.7. The van der Waals surface area contributed by atoms with E-state index in [0.717, 1.165) is 38.5 Å². The summed E-state index contributed by atoms with van der Waals surface area (Å²) in [6.45, 7) is 3.66. The Bertz CT molecular complexity index is 943. The topological polar surface area (TPSA) is 214 Å². The van der Waals surface area contributed by atoms with Crippen LogP contribution >= 0.6 is 0 Å². The molecule has 11 unspecified atom stereocenters. The molecule has 0 spiro atoms. The van der Waals surface area contributed by atoms with Gasteiger partial charge in [0.1, 0.15) is 54.9 Å². The maximum Gasteiger partial charge on any atom is 0.306 e. The predicted octanol–water partition coefficient (Wildman–Crippen LogP) is 4.57. The van der Waals surface area contributed by atoms with Crippen molar-refractivity contribution >= 4 is 5.97 Å². The molecule has 332 valence electrons. The van der Waals surface area contributed by atoms with E-state index in [0.29, 0.717) is 13.0 Å². The van der Waals surface area contributed by atoms with Crippen LogP contribution in [-0.4, -0.2) is 142 Å². The van der Waals surface area contributed by atoms with Crippen molar-refractivity contribution in [3.05, 3.63) is 0 Å². The maximum absolute atomic E-state index is 12.8. The summed E-state index contributed by atoms with van der Waals surface area (Å²) < 4.78 is 34.0. The molecule has 2 aliphatic rings. The molecule has 0 radical (unpaired) electrons. The fourth-order valence-corrected chi connectivity index (χ4v) is 7.17. The zero-order valence-electron chi connectivity index (χ0n) is 34.6. The lowest BCUT2D eigenvalue weighted by molar-refractivity contribution is -0.332. The van der Waals surface area contributed by atoms with E-state index in [1.165, 1.54) is 96.3 Å². The third-order valence-corrected chi connectivity index (χ3v) is 10.9. The quantitative estimate of drug-likeness (QED) is 0.0351. The minimum Gasteiger partial charge on any atom is -0.457 e. The highest BCUT2D eigenvalue weighted by Gasteiger charge is 2.47. The van der Waals surface area contributed by atoms with E-state index < -0.39 is 80.7 Å². The first-order valence-corrected chi connectivity index (χ1v) is 22.1. The molecule has 0 aliphatic carbocycles.